The van der Waals surface area contributed by atoms with Crippen molar-refractivity contribution in [3.8, 4) is 0 Å². The minimum Gasteiger partial charge on any atom is -0.235 e. The van der Waals surface area contributed by atoms with Gasteiger partial charge in [0.2, 0.25) is 0 Å². The van der Waals surface area contributed by atoms with Gasteiger partial charge in [-0.15, -0.1) is 0 Å². The van der Waals surface area contributed by atoms with Crippen LogP contribution in [-0.4, -0.2) is 9.97 Å². The quantitative estimate of drug-likeness (QED) is 0.783. The summed E-state index contributed by atoms with van der Waals surface area (Å²) in [5, 5.41) is -0.306. The van der Waals surface area contributed by atoms with Gasteiger partial charge in [0.1, 0.15) is 17.5 Å². The zero-order valence-electron chi connectivity index (χ0n) is 9.35. The van der Waals surface area contributed by atoms with Crippen LogP contribution < -0.4 is 0 Å². The average molecular weight is 273 g/mol. The van der Waals surface area contributed by atoms with Gasteiger partial charge >= 0.3 is 0 Å². The minimum atomic E-state index is -0.697. The van der Waals surface area contributed by atoms with Crippen LogP contribution in [0.1, 0.15) is 17.1 Å². The molecule has 0 saturated carbocycles. The largest absolute Gasteiger partial charge is 0.235 e. The summed E-state index contributed by atoms with van der Waals surface area (Å²) in [5.41, 5.74) is 0.311. The van der Waals surface area contributed by atoms with E-state index in [1.165, 1.54) is 13.0 Å². The van der Waals surface area contributed by atoms with Crippen molar-refractivity contribution in [1.29, 1.82) is 0 Å². The van der Waals surface area contributed by atoms with Gasteiger partial charge in [0.25, 0.3) is 0 Å². The second-order valence-electron chi connectivity index (χ2n) is 3.74. The molecule has 94 valence electrons. The van der Waals surface area contributed by atoms with Crippen LogP contribution >= 0.6 is 11.6 Å². The SMILES string of the molecule is Cc1nc(Cc2ccc(F)cc2F)nc(Cl)c1F. The Hall–Kier alpha value is -1.62. The van der Waals surface area contributed by atoms with Gasteiger partial charge in [-0.25, -0.2) is 23.1 Å². The van der Waals surface area contributed by atoms with E-state index in [0.717, 1.165) is 12.1 Å². The van der Waals surface area contributed by atoms with E-state index >= 15 is 0 Å². The van der Waals surface area contributed by atoms with Gasteiger partial charge in [-0.3, -0.25) is 0 Å². The lowest BCUT2D eigenvalue weighted by atomic mass is 10.1. The van der Waals surface area contributed by atoms with Crippen molar-refractivity contribution < 1.29 is 13.2 Å². The van der Waals surface area contributed by atoms with Gasteiger partial charge in [0, 0.05) is 12.5 Å². The fourth-order valence-electron chi connectivity index (χ4n) is 1.49. The predicted molar refractivity (Wildman–Crippen MR) is 60.9 cm³/mol. The Bertz CT molecular complexity index is 579. The number of aryl methyl sites for hydroxylation is 1. The summed E-state index contributed by atoms with van der Waals surface area (Å²) in [4.78, 5) is 7.57. The first-order valence-corrected chi connectivity index (χ1v) is 5.47. The highest BCUT2D eigenvalue weighted by Gasteiger charge is 2.12. The third kappa shape index (κ3) is 2.61. The van der Waals surface area contributed by atoms with Crippen molar-refractivity contribution in [2.75, 3.05) is 0 Å². The third-order valence-electron chi connectivity index (χ3n) is 2.39. The summed E-state index contributed by atoms with van der Waals surface area (Å²) in [6.07, 6.45) is 0.0208. The first kappa shape index (κ1) is 12.8. The van der Waals surface area contributed by atoms with Gasteiger partial charge in [-0.2, -0.15) is 0 Å². The summed E-state index contributed by atoms with van der Waals surface area (Å²) >= 11 is 5.57. The van der Waals surface area contributed by atoms with Crippen LogP contribution in [0.15, 0.2) is 18.2 Å². The first-order chi connectivity index (χ1) is 8.47. The van der Waals surface area contributed by atoms with Gasteiger partial charge in [0.05, 0.1) is 5.69 Å². The van der Waals surface area contributed by atoms with E-state index in [2.05, 4.69) is 9.97 Å². The number of hydrogen-bond donors (Lipinski definition) is 0. The van der Waals surface area contributed by atoms with Gasteiger partial charge in [-0.05, 0) is 18.6 Å². The fourth-order valence-corrected chi connectivity index (χ4v) is 1.73. The monoisotopic (exact) mass is 272 g/mol. The minimum absolute atomic E-state index is 0.0208. The maximum Gasteiger partial charge on any atom is 0.181 e. The Balaban J connectivity index is 2.34. The second-order valence-corrected chi connectivity index (χ2v) is 4.10. The smallest absolute Gasteiger partial charge is 0.181 e. The highest BCUT2D eigenvalue weighted by Crippen LogP contribution is 2.17. The molecule has 1 heterocycles. The highest BCUT2D eigenvalue weighted by molar-refractivity contribution is 6.29. The lowest BCUT2D eigenvalue weighted by Crippen LogP contribution is -2.03. The van der Waals surface area contributed by atoms with E-state index in [4.69, 9.17) is 11.6 Å². The molecule has 0 saturated heterocycles. The highest BCUT2D eigenvalue weighted by atomic mass is 35.5. The van der Waals surface area contributed by atoms with Crippen LogP contribution in [0.2, 0.25) is 5.15 Å². The van der Waals surface area contributed by atoms with Gasteiger partial charge in [0.15, 0.2) is 11.0 Å². The Morgan fingerprint density at radius 3 is 2.50 bits per heavy atom. The lowest BCUT2D eigenvalue weighted by molar-refractivity contribution is 0.572. The average Bonchev–Trinajstić information content (AvgIpc) is 2.29. The third-order valence-corrected chi connectivity index (χ3v) is 2.64. The number of nitrogens with zero attached hydrogens (tertiary/aromatic N) is 2. The zero-order valence-corrected chi connectivity index (χ0v) is 10.1. The van der Waals surface area contributed by atoms with Crippen LogP contribution in [0.25, 0.3) is 0 Å². The molecule has 0 fully saturated rings. The van der Waals surface area contributed by atoms with Crippen molar-refractivity contribution in [2.24, 2.45) is 0 Å². The molecule has 2 nitrogen and oxygen atoms in total. The van der Waals surface area contributed by atoms with Crippen molar-refractivity contribution in [2.45, 2.75) is 13.3 Å². The van der Waals surface area contributed by atoms with Crippen molar-refractivity contribution >= 4 is 11.6 Å². The molecule has 0 bridgehead atoms. The molecule has 18 heavy (non-hydrogen) atoms. The molecular weight excluding hydrogens is 265 g/mol. The van der Waals surface area contributed by atoms with Gasteiger partial charge in [-0.1, -0.05) is 17.7 Å². The summed E-state index contributed by atoms with van der Waals surface area (Å²) in [6, 6.07) is 3.20. The molecule has 1 aromatic carbocycles. The Labute approximate surface area is 106 Å². The maximum absolute atomic E-state index is 13.4. The number of aromatic nitrogens is 2. The number of benzene rings is 1. The zero-order chi connectivity index (χ0) is 13.3. The van der Waals surface area contributed by atoms with Crippen LogP contribution in [0.3, 0.4) is 0 Å². The molecule has 0 spiro atoms. The van der Waals surface area contributed by atoms with E-state index < -0.39 is 17.5 Å². The summed E-state index contributed by atoms with van der Waals surface area (Å²) in [7, 11) is 0. The molecule has 0 N–H and O–H groups in total. The molecule has 0 amide bonds. The molecule has 0 radical (unpaired) electrons. The number of halogens is 4. The summed E-state index contributed by atoms with van der Waals surface area (Å²) in [5.74, 6) is -1.87. The fraction of sp³-hybridized carbons (Fsp3) is 0.167. The lowest BCUT2D eigenvalue weighted by Gasteiger charge is -2.05. The Morgan fingerprint density at radius 1 is 1.17 bits per heavy atom. The predicted octanol–water partition coefficient (Wildman–Crippen LogP) is 3.45. The molecule has 0 aliphatic rings. The normalized spacial score (nSPS) is 10.7. The molecule has 0 atom stereocenters. The molecule has 6 heteroatoms. The van der Waals surface area contributed by atoms with Gasteiger partial charge < -0.3 is 0 Å². The van der Waals surface area contributed by atoms with Crippen LogP contribution in [0, 0.1) is 24.4 Å². The standard InChI is InChI=1S/C12H8ClF3N2/c1-6-11(16)12(13)18-10(17-6)4-7-2-3-8(14)5-9(7)15/h2-3,5H,4H2,1H3. The van der Waals surface area contributed by atoms with E-state index in [-0.39, 0.29) is 28.7 Å². The molecule has 0 aliphatic heterocycles. The first-order valence-electron chi connectivity index (χ1n) is 5.10. The van der Waals surface area contributed by atoms with Crippen molar-refractivity contribution in [1.82, 2.24) is 9.97 Å². The van der Waals surface area contributed by atoms with E-state index in [1.54, 1.807) is 0 Å². The topological polar surface area (TPSA) is 25.8 Å². The molecule has 1 aromatic heterocycles. The van der Waals surface area contributed by atoms with Crippen molar-refractivity contribution in [3.05, 3.63) is 57.9 Å². The molecule has 0 unspecified atom stereocenters. The molecule has 0 aliphatic carbocycles. The summed E-state index contributed by atoms with van der Waals surface area (Å²) < 4.78 is 39.3. The number of rotatable bonds is 2. The second kappa shape index (κ2) is 4.94. The van der Waals surface area contributed by atoms with E-state index in [1.807, 2.05) is 0 Å². The van der Waals surface area contributed by atoms with Crippen LogP contribution in [0.4, 0.5) is 13.2 Å². The van der Waals surface area contributed by atoms with Crippen molar-refractivity contribution in [3.63, 3.8) is 0 Å². The Morgan fingerprint density at radius 2 is 1.89 bits per heavy atom. The van der Waals surface area contributed by atoms with Crippen LogP contribution in [0.5, 0.6) is 0 Å². The Kier molecular flexibility index (Phi) is 3.52. The van der Waals surface area contributed by atoms with E-state index in [9.17, 15) is 13.2 Å². The molecular formula is C12H8ClF3N2. The summed E-state index contributed by atoms with van der Waals surface area (Å²) in [6.45, 7) is 1.44. The maximum atomic E-state index is 13.4. The molecule has 2 aromatic rings. The van der Waals surface area contributed by atoms with Crippen LogP contribution in [-0.2, 0) is 6.42 Å². The van der Waals surface area contributed by atoms with E-state index in [0.29, 0.717) is 0 Å². The number of hydrogen-bond acceptors (Lipinski definition) is 2. The molecule has 2 rings (SSSR count).